The summed E-state index contributed by atoms with van der Waals surface area (Å²) in [5.41, 5.74) is 1.11. The number of nitriles is 1. The molecule has 1 radical (unpaired) electrons. The molecule has 0 amide bonds. The summed E-state index contributed by atoms with van der Waals surface area (Å²) < 4.78 is 0. The molecule has 2 heteroatoms. The first-order chi connectivity index (χ1) is 4.74. The van der Waals surface area contributed by atoms with Crippen LogP contribution in [0.2, 0.25) is 0 Å². The molecule has 1 aromatic rings. The quantitative estimate of drug-likeness (QED) is 0.532. The van der Waals surface area contributed by atoms with Crippen LogP contribution in [0.5, 0.6) is 5.75 Å². The van der Waals surface area contributed by atoms with Gasteiger partial charge in [-0.3, -0.25) is 5.11 Å². The zero-order chi connectivity index (χ0) is 7.56. The highest BCUT2D eigenvalue weighted by molar-refractivity contribution is 5.40. The Kier molecular flexibility index (Phi) is 1.59. The highest BCUT2D eigenvalue weighted by Gasteiger charge is 1.97. The maximum atomic E-state index is 10.8. The van der Waals surface area contributed by atoms with E-state index in [-0.39, 0.29) is 5.75 Å². The highest BCUT2D eigenvalue weighted by atomic mass is 16.3. The third kappa shape index (κ3) is 1.08. The van der Waals surface area contributed by atoms with Crippen LogP contribution in [0.1, 0.15) is 11.1 Å². The molecule has 0 aromatic heterocycles. The van der Waals surface area contributed by atoms with E-state index in [1.807, 2.05) is 6.07 Å². The third-order valence-electron chi connectivity index (χ3n) is 1.32. The summed E-state index contributed by atoms with van der Waals surface area (Å²) in [7, 11) is 0. The Hall–Kier alpha value is -1.49. The Morgan fingerprint density at radius 3 is 2.70 bits per heavy atom. The molecule has 0 heterocycles. The van der Waals surface area contributed by atoms with Crippen molar-refractivity contribution in [3.63, 3.8) is 0 Å². The van der Waals surface area contributed by atoms with E-state index in [4.69, 9.17) is 5.26 Å². The normalized spacial score (nSPS) is 8.80. The van der Waals surface area contributed by atoms with Gasteiger partial charge in [0.25, 0.3) is 0 Å². The molecule has 0 fully saturated rings. The van der Waals surface area contributed by atoms with Crippen molar-refractivity contribution in [2.45, 2.75) is 6.92 Å². The minimum Gasteiger partial charge on any atom is -0.290 e. The van der Waals surface area contributed by atoms with Crippen LogP contribution in [0.15, 0.2) is 18.2 Å². The SMILES string of the molecule is Cc1ccc(C#N)cc1[O]. The van der Waals surface area contributed by atoms with Gasteiger partial charge in [0.1, 0.15) is 0 Å². The zero-order valence-electron chi connectivity index (χ0n) is 5.59. The number of nitrogens with zero attached hydrogens (tertiary/aromatic N) is 1. The Balaban J connectivity index is 3.20. The fraction of sp³-hybridized carbons (Fsp3) is 0.125. The number of hydrogen-bond donors (Lipinski definition) is 0. The van der Waals surface area contributed by atoms with E-state index in [2.05, 4.69) is 0 Å². The van der Waals surface area contributed by atoms with Crippen molar-refractivity contribution in [3.8, 4) is 11.8 Å². The third-order valence-corrected chi connectivity index (χ3v) is 1.32. The van der Waals surface area contributed by atoms with E-state index in [1.165, 1.54) is 6.07 Å². The monoisotopic (exact) mass is 132 g/mol. The zero-order valence-corrected chi connectivity index (χ0v) is 5.59. The predicted molar refractivity (Wildman–Crippen MR) is 36.0 cm³/mol. The van der Waals surface area contributed by atoms with E-state index in [9.17, 15) is 5.11 Å². The van der Waals surface area contributed by atoms with Crippen LogP contribution in [-0.4, -0.2) is 0 Å². The van der Waals surface area contributed by atoms with E-state index in [1.54, 1.807) is 19.1 Å². The van der Waals surface area contributed by atoms with E-state index in [0.717, 1.165) is 0 Å². The molecular formula is C8H6NO. The fourth-order valence-corrected chi connectivity index (χ4v) is 0.670. The molecule has 2 nitrogen and oxygen atoms in total. The lowest BCUT2D eigenvalue weighted by Gasteiger charge is -1.92. The van der Waals surface area contributed by atoms with Gasteiger partial charge in [-0.15, -0.1) is 0 Å². The number of hydrogen-bond acceptors (Lipinski definition) is 1. The maximum Gasteiger partial charge on any atom is 0.182 e. The Morgan fingerprint density at radius 2 is 2.20 bits per heavy atom. The Morgan fingerprint density at radius 1 is 1.50 bits per heavy atom. The molecular weight excluding hydrogens is 126 g/mol. The molecule has 0 saturated carbocycles. The molecule has 10 heavy (non-hydrogen) atoms. The van der Waals surface area contributed by atoms with Crippen molar-refractivity contribution in [1.82, 2.24) is 0 Å². The van der Waals surface area contributed by atoms with Gasteiger partial charge in [-0.25, -0.2) is 0 Å². The van der Waals surface area contributed by atoms with Crippen molar-refractivity contribution in [1.29, 1.82) is 5.26 Å². The van der Waals surface area contributed by atoms with E-state index in [0.29, 0.717) is 11.1 Å². The van der Waals surface area contributed by atoms with Gasteiger partial charge in [-0.05, 0) is 18.6 Å². The molecule has 0 atom stereocenters. The van der Waals surface area contributed by atoms with Gasteiger partial charge in [-0.1, -0.05) is 6.07 Å². The van der Waals surface area contributed by atoms with Crippen LogP contribution in [0.4, 0.5) is 0 Å². The average Bonchev–Trinajstić information content (AvgIpc) is 1.95. The number of benzene rings is 1. The van der Waals surface area contributed by atoms with Crippen LogP contribution < -0.4 is 0 Å². The topological polar surface area (TPSA) is 43.7 Å². The smallest absolute Gasteiger partial charge is 0.182 e. The van der Waals surface area contributed by atoms with Crippen LogP contribution in [-0.2, 0) is 5.11 Å². The van der Waals surface area contributed by atoms with E-state index >= 15 is 0 Å². The predicted octanol–water partition coefficient (Wildman–Crippen LogP) is 2.01. The minimum atomic E-state index is -0.0703. The van der Waals surface area contributed by atoms with Crippen LogP contribution in [0, 0.1) is 18.3 Å². The molecule has 49 valence electrons. The summed E-state index contributed by atoms with van der Waals surface area (Å²) >= 11 is 0. The first-order valence-corrected chi connectivity index (χ1v) is 2.92. The largest absolute Gasteiger partial charge is 0.290 e. The van der Waals surface area contributed by atoms with Gasteiger partial charge in [0.05, 0.1) is 11.6 Å². The molecule has 0 bridgehead atoms. The van der Waals surface area contributed by atoms with Gasteiger partial charge < -0.3 is 0 Å². The van der Waals surface area contributed by atoms with Crippen molar-refractivity contribution >= 4 is 0 Å². The Bertz CT molecular complexity index is 286. The van der Waals surface area contributed by atoms with Crippen molar-refractivity contribution in [2.24, 2.45) is 0 Å². The van der Waals surface area contributed by atoms with Gasteiger partial charge in [-0.2, -0.15) is 5.26 Å². The fourth-order valence-electron chi connectivity index (χ4n) is 0.670. The molecule has 0 unspecified atom stereocenters. The summed E-state index contributed by atoms with van der Waals surface area (Å²) in [5, 5.41) is 19.2. The number of aryl methyl sites for hydroxylation is 1. The first-order valence-electron chi connectivity index (χ1n) is 2.92. The molecule has 0 aliphatic rings. The second-order valence-electron chi connectivity index (χ2n) is 2.09. The molecule has 1 aromatic carbocycles. The second kappa shape index (κ2) is 2.40. The minimum absolute atomic E-state index is 0.0703. The lowest BCUT2D eigenvalue weighted by Crippen LogP contribution is -1.75. The average molecular weight is 132 g/mol. The molecule has 0 aliphatic carbocycles. The lowest BCUT2D eigenvalue weighted by atomic mass is 10.1. The Labute approximate surface area is 59.3 Å². The van der Waals surface area contributed by atoms with Crippen LogP contribution in [0.25, 0.3) is 0 Å². The first kappa shape index (κ1) is 6.63. The van der Waals surface area contributed by atoms with Crippen molar-refractivity contribution in [2.75, 3.05) is 0 Å². The summed E-state index contributed by atoms with van der Waals surface area (Å²) in [5.74, 6) is -0.0703. The van der Waals surface area contributed by atoms with Crippen LogP contribution in [0.3, 0.4) is 0 Å². The van der Waals surface area contributed by atoms with Crippen molar-refractivity contribution < 1.29 is 5.11 Å². The van der Waals surface area contributed by atoms with Gasteiger partial charge in [0, 0.05) is 6.07 Å². The number of rotatable bonds is 0. The summed E-state index contributed by atoms with van der Waals surface area (Å²) in [6.07, 6.45) is 0. The molecule has 0 saturated heterocycles. The molecule has 0 N–H and O–H groups in total. The summed E-state index contributed by atoms with van der Waals surface area (Å²) in [6, 6.07) is 6.53. The maximum absolute atomic E-state index is 10.8. The molecule has 1 rings (SSSR count). The molecule has 0 spiro atoms. The van der Waals surface area contributed by atoms with Gasteiger partial charge >= 0.3 is 0 Å². The van der Waals surface area contributed by atoms with E-state index < -0.39 is 0 Å². The highest BCUT2D eigenvalue weighted by Crippen LogP contribution is 2.17. The van der Waals surface area contributed by atoms with Crippen LogP contribution >= 0.6 is 0 Å². The summed E-state index contributed by atoms with van der Waals surface area (Å²) in [4.78, 5) is 0. The van der Waals surface area contributed by atoms with Gasteiger partial charge in [0.15, 0.2) is 5.75 Å². The molecule has 0 aliphatic heterocycles. The standard InChI is InChI=1S/C8H6NO/c1-6-2-3-7(5-9)4-8(6)10/h2-4H,1H3. The lowest BCUT2D eigenvalue weighted by molar-refractivity contribution is 0.351. The van der Waals surface area contributed by atoms with Gasteiger partial charge in [0.2, 0.25) is 0 Å². The second-order valence-corrected chi connectivity index (χ2v) is 2.09. The van der Waals surface area contributed by atoms with Crippen molar-refractivity contribution in [3.05, 3.63) is 29.3 Å². The summed E-state index contributed by atoms with van der Waals surface area (Å²) in [6.45, 7) is 1.73.